The lowest BCUT2D eigenvalue weighted by atomic mass is 10.0. The largest absolute Gasteiger partial charge is 0.465 e. The molecule has 10 heteroatoms. The van der Waals surface area contributed by atoms with Crippen LogP contribution in [0.2, 0.25) is 5.28 Å². The second-order valence-electron chi connectivity index (χ2n) is 8.93. The van der Waals surface area contributed by atoms with Gasteiger partial charge in [-0.05, 0) is 93.6 Å². The Labute approximate surface area is 208 Å². The predicted molar refractivity (Wildman–Crippen MR) is 137 cm³/mol. The van der Waals surface area contributed by atoms with Crippen LogP contribution < -0.4 is 16.0 Å². The molecule has 1 aromatic heterocycles. The highest BCUT2D eigenvalue weighted by Crippen LogP contribution is 2.27. The molecule has 0 bridgehead atoms. The van der Waals surface area contributed by atoms with Crippen LogP contribution in [0.4, 0.5) is 32.5 Å². The van der Waals surface area contributed by atoms with Gasteiger partial charge in [0.05, 0.1) is 0 Å². The highest BCUT2D eigenvalue weighted by Gasteiger charge is 2.18. The minimum atomic E-state index is -1.12. The summed E-state index contributed by atoms with van der Waals surface area (Å²) >= 11 is 5.95. The highest BCUT2D eigenvalue weighted by molar-refractivity contribution is 6.28. The van der Waals surface area contributed by atoms with Crippen LogP contribution in [-0.4, -0.2) is 32.9 Å². The molecule has 9 nitrogen and oxygen atoms in total. The number of nitrogens with zero attached hydrogens (tertiary/aromatic N) is 2. The number of anilines is 4. The molecule has 0 aliphatic carbocycles. The molecule has 0 aliphatic heterocycles. The van der Waals surface area contributed by atoms with Crippen LogP contribution in [-0.2, 0) is 17.6 Å². The van der Waals surface area contributed by atoms with Crippen molar-refractivity contribution in [1.29, 1.82) is 0 Å². The molecule has 0 atom stereocenters. The molecule has 0 saturated heterocycles. The maximum Gasteiger partial charge on any atom is 0.412 e. The Morgan fingerprint density at radius 1 is 1.06 bits per heavy atom. The van der Waals surface area contributed by atoms with Crippen LogP contribution in [0.1, 0.15) is 37.5 Å². The van der Waals surface area contributed by atoms with Crippen molar-refractivity contribution in [3.05, 3.63) is 70.6 Å². The van der Waals surface area contributed by atoms with Gasteiger partial charge in [-0.15, -0.1) is 0 Å². The molecule has 0 unspecified atom stereocenters. The number of rotatable bonds is 7. The fraction of sp³-hybridized carbons (Fsp3) is 0.280. The van der Waals surface area contributed by atoms with E-state index in [0.29, 0.717) is 30.0 Å². The molecule has 184 valence electrons. The van der Waals surface area contributed by atoms with Crippen LogP contribution >= 0.6 is 11.6 Å². The fourth-order valence-corrected chi connectivity index (χ4v) is 3.44. The van der Waals surface area contributed by atoms with Crippen LogP contribution in [0, 0.1) is 6.92 Å². The van der Waals surface area contributed by atoms with E-state index < -0.39 is 17.8 Å². The molecule has 0 radical (unpaired) electrons. The van der Waals surface area contributed by atoms with Crippen LogP contribution in [0.5, 0.6) is 0 Å². The van der Waals surface area contributed by atoms with Gasteiger partial charge in [0.2, 0.25) is 5.28 Å². The highest BCUT2D eigenvalue weighted by atomic mass is 35.5. The number of carbonyl (C=O) groups excluding carboxylic acids is 1. The second-order valence-corrected chi connectivity index (χ2v) is 9.26. The van der Waals surface area contributed by atoms with Crippen molar-refractivity contribution in [2.45, 2.75) is 46.1 Å². The van der Waals surface area contributed by atoms with Crippen molar-refractivity contribution in [3.63, 3.8) is 0 Å². The van der Waals surface area contributed by atoms with Crippen molar-refractivity contribution in [1.82, 2.24) is 9.97 Å². The summed E-state index contributed by atoms with van der Waals surface area (Å²) in [5.74, 6) is 0.580. The lowest BCUT2D eigenvalue weighted by Gasteiger charge is -2.21. The van der Waals surface area contributed by atoms with Gasteiger partial charge in [0, 0.05) is 28.8 Å². The van der Waals surface area contributed by atoms with Gasteiger partial charge in [-0.2, -0.15) is 0 Å². The molecular formula is C25H28ClN5O4. The number of ether oxygens (including phenoxy) is 1. The fourth-order valence-electron chi connectivity index (χ4n) is 3.30. The van der Waals surface area contributed by atoms with E-state index >= 15 is 0 Å². The average molecular weight is 498 g/mol. The van der Waals surface area contributed by atoms with Gasteiger partial charge >= 0.3 is 12.2 Å². The number of carbonyl (C=O) groups is 2. The molecule has 0 spiro atoms. The first-order valence-corrected chi connectivity index (χ1v) is 11.3. The number of aryl methyl sites for hydroxylation is 3. The third-order valence-electron chi connectivity index (χ3n) is 4.81. The normalized spacial score (nSPS) is 11.0. The maximum atomic E-state index is 12.4. The topological polar surface area (TPSA) is 125 Å². The number of hydrogen-bond acceptors (Lipinski definition) is 6. The zero-order valence-electron chi connectivity index (χ0n) is 20.0. The van der Waals surface area contributed by atoms with Crippen LogP contribution in [0.25, 0.3) is 0 Å². The van der Waals surface area contributed by atoms with Crippen LogP contribution in [0.3, 0.4) is 0 Å². The summed E-state index contributed by atoms with van der Waals surface area (Å²) in [4.78, 5) is 31.6. The molecule has 3 aromatic rings. The van der Waals surface area contributed by atoms with E-state index in [-0.39, 0.29) is 5.28 Å². The van der Waals surface area contributed by atoms with Gasteiger partial charge in [-0.25, -0.2) is 19.6 Å². The Bertz CT molecular complexity index is 1230. The van der Waals surface area contributed by atoms with Crippen molar-refractivity contribution in [3.8, 4) is 0 Å². The van der Waals surface area contributed by atoms with Crippen molar-refractivity contribution in [2.75, 3.05) is 16.0 Å². The Balaban J connectivity index is 1.85. The number of carboxylic acid groups (broad SMARTS) is 1. The third-order valence-corrected chi connectivity index (χ3v) is 4.99. The third kappa shape index (κ3) is 8.15. The molecule has 0 fully saturated rings. The Morgan fingerprint density at radius 3 is 2.54 bits per heavy atom. The van der Waals surface area contributed by atoms with E-state index in [1.54, 1.807) is 51.2 Å². The lowest BCUT2D eigenvalue weighted by molar-refractivity contribution is 0.0635. The van der Waals surface area contributed by atoms with Gasteiger partial charge in [0.25, 0.3) is 0 Å². The summed E-state index contributed by atoms with van der Waals surface area (Å²) in [7, 11) is 0. The number of amides is 2. The molecule has 35 heavy (non-hydrogen) atoms. The summed E-state index contributed by atoms with van der Waals surface area (Å²) in [6.07, 6.45) is 1.14. The van der Waals surface area contributed by atoms with E-state index in [2.05, 4.69) is 25.9 Å². The summed E-state index contributed by atoms with van der Waals surface area (Å²) in [5.41, 5.74) is 3.86. The number of aromatic nitrogens is 2. The maximum absolute atomic E-state index is 12.4. The molecule has 3 rings (SSSR count). The molecule has 1 heterocycles. The zero-order chi connectivity index (χ0) is 25.6. The first-order valence-electron chi connectivity index (χ1n) is 11.0. The number of hydrogen-bond donors (Lipinski definition) is 4. The smallest absolute Gasteiger partial charge is 0.412 e. The van der Waals surface area contributed by atoms with Crippen molar-refractivity contribution >= 4 is 46.7 Å². The number of benzene rings is 2. The van der Waals surface area contributed by atoms with Crippen LogP contribution in [0.15, 0.2) is 48.7 Å². The minimum absolute atomic E-state index is 0.136. The van der Waals surface area contributed by atoms with E-state index in [1.807, 2.05) is 25.1 Å². The van der Waals surface area contributed by atoms with Gasteiger partial charge in [0.1, 0.15) is 11.4 Å². The SMILES string of the molecule is Cc1cnc(Cl)nc1Nc1ccc(NC(=O)OC(C)(C)C)c(CCc2cccc(NC(=O)O)c2)c1. The summed E-state index contributed by atoms with van der Waals surface area (Å²) in [6, 6.07) is 12.7. The summed E-state index contributed by atoms with van der Waals surface area (Å²) in [5, 5.41) is 17.5. The van der Waals surface area contributed by atoms with Crippen molar-refractivity contribution in [2.24, 2.45) is 0 Å². The molecular weight excluding hydrogens is 470 g/mol. The van der Waals surface area contributed by atoms with E-state index in [4.69, 9.17) is 21.4 Å². The standard InChI is InChI=1S/C25H28ClN5O4/c1-15-14-27-22(26)31-21(15)28-19-10-11-20(30-24(34)35-25(2,3)4)17(13-19)9-8-16-6-5-7-18(12-16)29-23(32)33/h5-7,10-14,29H,8-9H2,1-4H3,(H,30,34)(H,32,33)(H,27,28,31). The predicted octanol–water partition coefficient (Wildman–Crippen LogP) is 6.40. The molecule has 2 aromatic carbocycles. The average Bonchev–Trinajstić information content (AvgIpc) is 2.75. The van der Waals surface area contributed by atoms with Gasteiger partial charge < -0.3 is 15.2 Å². The van der Waals surface area contributed by atoms with Gasteiger partial charge in [-0.1, -0.05) is 12.1 Å². The van der Waals surface area contributed by atoms with E-state index in [0.717, 1.165) is 22.4 Å². The Kier molecular flexibility index (Phi) is 8.14. The molecule has 2 amide bonds. The minimum Gasteiger partial charge on any atom is -0.465 e. The van der Waals surface area contributed by atoms with E-state index in [9.17, 15) is 9.59 Å². The summed E-state index contributed by atoms with van der Waals surface area (Å²) < 4.78 is 5.41. The first-order chi connectivity index (χ1) is 16.5. The molecule has 0 aliphatic rings. The monoisotopic (exact) mass is 497 g/mol. The second kappa shape index (κ2) is 11.1. The first kappa shape index (κ1) is 25.8. The molecule has 0 saturated carbocycles. The number of nitrogens with one attached hydrogen (secondary N) is 3. The zero-order valence-corrected chi connectivity index (χ0v) is 20.7. The Morgan fingerprint density at radius 2 is 1.83 bits per heavy atom. The lowest BCUT2D eigenvalue weighted by Crippen LogP contribution is -2.27. The van der Waals surface area contributed by atoms with E-state index in [1.165, 1.54) is 0 Å². The summed E-state index contributed by atoms with van der Waals surface area (Å²) in [6.45, 7) is 7.27. The van der Waals surface area contributed by atoms with Gasteiger partial charge in [-0.3, -0.25) is 10.6 Å². The van der Waals surface area contributed by atoms with Gasteiger partial charge in [0.15, 0.2) is 0 Å². The quantitative estimate of drug-likeness (QED) is 0.278. The Hall–Kier alpha value is -3.85. The molecule has 4 N–H and O–H groups in total. The number of halogens is 1. The van der Waals surface area contributed by atoms with Crippen molar-refractivity contribution < 1.29 is 19.4 Å².